The minimum atomic E-state index is -0.224. The van der Waals surface area contributed by atoms with Crippen LogP contribution in [-0.2, 0) is 0 Å². The highest BCUT2D eigenvalue weighted by Gasteiger charge is 2.16. The average molecular weight is 309 g/mol. The third kappa shape index (κ3) is 2.57. The Hall–Kier alpha value is -3.42. The third-order valence-electron chi connectivity index (χ3n) is 3.37. The number of hydrogen-bond donors (Lipinski definition) is 1. The van der Waals surface area contributed by atoms with Gasteiger partial charge in [-0.15, -0.1) is 5.10 Å². The lowest BCUT2D eigenvalue weighted by atomic mass is 10.2. The van der Waals surface area contributed by atoms with Gasteiger partial charge in [-0.3, -0.25) is 4.79 Å². The largest absolute Gasteiger partial charge is 0.454 e. The molecule has 0 saturated heterocycles. The van der Waals surface area contributed by atoms with Crippen LogP contribution < -0.4 is 14.8 Å². The van der Waals surface area contributed by atoms with E-state index in [1.54, 1.807) is 30.3 Å². The third-order valence-corrected chi connectivity index (χ3v) is 3.37. The van der Waals surface area contributed by atoms with E-state index in [0.717, 1.165) is 5.69 Å². The van der Waals surface area contributed by atoms with Crippen molar-refractivity contribution in [1.82, 2.24) is 20.2 Å². The van der Waals surface area contributed by atoms with E-state index in [0.29, 0.717) is 22.7 Å². The van der Waals surface area contributed by atoms with Gasteiger partial charge in [0.05, 0.1) is 5.69 Å². The smallest absolute Gasteiger partial charge is 0.255 e. The first-order valence-corrected chi connectivity index (χ1v) is 6.84. The molecule has 2 heterocycles. The summed E-state index contributed by atoms with van der Waals surface area (Å²) < 4.78 is 12.0. The molecular formula is C15H11N5O3. The van der Waals surface area contributed by atoms with Gasteiger partial charge in [0.1, 0.15) is 6.33 Å². The van der Waals surface area contributed by atoms with E-state index < -0.39 is 0 Å². The molecule has 1 aliphatic heterocycles. The number of nitrogens with zero attached hydrogens (tertiary/aromatic N) is 4. The zero-order valence-electron chi connectivity index (χ0n) is 11.8. The van der Waals surface area contributed by atoms with E-state index in [4.69, 9.17) is 9.47 Å². The van der Waals surface area contributed by atoms with Crippen molar-refractivity contribution in [2.75, 3.05) is 12.1 Å². The van der Waals surface area contributed by atoms with Crippen LogP contribution in [0, 0.1) is 0 Å². The number of amides is 1. The lowest BCUT2D eigenvalue weighted by Crippen LogP contribution is -2.11. The molecule has 0 fully saturated rings. The number of tetrazole rings is 1. The summed E-state index contributed by atoms with van der Waals surface area (Å²) in [5, 5.41) is 13.8. The van der Waals surface area contributed by atoms with Crippen molar-refractivity contribution < 1.29 is 14.3 Å². The van der Waals surface area contributed by atoms with Crippen LogP contribution in [-0.4, -0.2) is 32.9 Å². The standard InChI is InChI=1S/C15H11N5O3/c21-15(10-1-6-13-14(7-10)23-9-22-13)17-11-2-4-12(5-3-11)20-8-16-18-19-20/h1-8H,9H2,(H,17,21). The number of benzene rings is 2. The SMILES string of the molecule is O=C(Nc1ccc(-n2cnnn2)cc1)c1ccc2c(c1)OCO2. The second-order valence-corrected chi connectivity index (χ2v) is 4.82. The summed E-state index contributed by atoms with van der Waals surface area (Å²) in [7, 11) is 0. The number of fused-ring (bicyclic) bond motifs is 1. The van der Waals surface area contributed by atoms with Crippen LogP contribution in [0.15, 0.2) is 48.8 Å². The van der Waals surface area contributed by atoms with Gasteiger partial charge in [0.2, 0.25) is 6.79 Å². The molecule has 0 aliphatic carbocycles. The van der Waals surface area contributed by atoms with Crippen LogP contribution in [0.2, 0.25) is 0 Å². The van der Waals surface area contributed by atoms with Crippen LogP contribution >= 0.6 is 0 Å². The van der Waals surface area contributed by atoms with Gasteiger partial charge >= 0.3 is 0 Å². The van der Waals surface area contributed by atoms with E-state index in [9.17, 15) is 4.79 Å². The Kier molecular flexibility index (Phi) is 3.12. The highest BCUT2D eigenvalue weighted by Crippen LogP contribution is 2.32. The summed E-state index contributed by atoms with van der Waals surface area (Å²) in [4.78, 5) is 12.3. The maximum Gasteiger partial charge on any atom is 0.255 e. The predicted octanol–water partition coefficient (Wildman–Crippen LogP) is 1.64. The first kappa shape index (κ1) is 13.3. The molecule has 2 aromatic carbocycles. The Bertz CT molecular complexity index is 846. The van der Waals surface area contributed by atoms with Gasteiger partial charge in [0.15, 0.2) is 11.5 Å². The van der Waals surface area contributed by atoms with Crippen LogP contribution in [0.4, 0.5) is 5.69 Å². The highest BCUT2D eigenvalue weighted by molar-refractivity contribution is 6.04. The van der Waals surface area contributed by atoms with Crippen molar-refractivity contribution in [2.24, 2.45) is 0 Å². The normalized spacial score (nSPS) is 12.2. The Morgan fingerprint density at radius 1 is 1.09 bits per heavy atom. The average Bonchev–Trinajstić information content (AvgIpc) is 3.26. The molecule has 0 atom stereocenters. The number of rotatable bonds is 3. The quantitative estimate of drug-likeness (QED) is 0.791. The molecule has 8 heteroatoms. The highest BCUT2D eigenvalue weighted by atomic mass is 16.7. The van der Waals surface area contributed by atoms with Crippen LogP contribution in [0.25, 0.3) is 5.69 Å². The molecule has 0 bridgehead atoms. The van der Waals surface area contributed by atoms with Crippen molar-refractivity contribution in [3.8, 4) is 17.2 Å². The minimum absolute atomic E-state index is 0.180. The topological polar surface area (TPSA) is 91.2 Å². The van der Waals surface area contributed by atoms with Crippen molar-refractivity contribution in [3.63, 3.8) is 0 Å². The zero-order valence-corrected chi connectivity index (χ0v) is 11.8. The van der Waals surface area contributed by atoms with Crippen molar-refractivity contribution in [1.29, 1.82) is 0 Å². The summed E-state index contributed by atoms with van der Waals surface area (Å²) in [6.45, 7) is 0.180. The monoisotopic (exact) mass is 309 g/mol. The van der Waals surface area contributed by atoms with Crippen LogP contribution in [0.3, 0.4) is 0 Å². The summed E-state index contributed by atoms with van der Waals surface area (Å²) in [5.74, 6) is 0.998. The number of anilines is 1. The van der Waals surface area contributed by atoms with E-state index in [2.05, 4.69) is 20.8 Å². The predicted molar refractivity (Wildman–Crippen MR) is 79.7 cm³/mol. The summed E-state index contributed by atoms with van der Waals surface area (Å²) in [6, 6.07) is 12.3. The molecule has 1 aromatic heterocycles. The maximum atomic E-state index is 12.3. The molecular weight excluding hydrogens is 298 g/mol. The van der Waals surface area contributed by atoms with E-state index in [1.165, 1.54) is 11.0 Å². The van der Waals surface area contributed by atoms with E-state index in [1.807, 2.05) is 12.1 Å². The summed E-state index contributed by atoms with van der Waals surface area (Å²) >= 11 is 0. The first-order valence-electron chi connectivity index (χ1n) is 6.84. The fourth-order valence-corrected chi connectivity index (χ4v) is 2.22. The van der Waals surface area contributed by atoms with Crippen LogP contribution in [0.5, 0.6) is 11.5 Å². The van der Waals surface area contributed by atoms with Crippen molar-refractivity contribution in [2.45, 2.75) is 0 Å². The second kappa shape index (κ2) is 5.41. The van der Waals surface area contributed by atoms with Crippen LogP contribution in [0.1, 0.15) is 10.4 Å². The number of ether oxygens (including phenoxy) is 2. The molecule has 0 spiro atoms. The minimum Gasteiger partial charge on any atom is -0.454 e. The van der Waals surface area contributed by atoms with E-state index in [-0.39, 0.29) is 12.7 Å². The lowest BCUT2D eigenvalue weighted by Gasteiger charge is -2.07. The Labute approximate surface area is 130 Å². The molecule has 1 N–H and O–H groups in total. The second-order valence-electron chi connectivity index (χ2n) is 4.82. The Morgan fingerprint density at radius 3 is 2.70 bits per heavy atom. The molecule has 1 aliphatic rings. The Balaban J connectivity index is 1.50. The zero-order chi connectivity index (χ0) is 15.6. The molecule has 4 rings (SSSR count). The first-order chi connectivity index (χ1) is 11.3. The molecule has 3 aromatic rings. The van der Waals surface area contributed by atoms with Gasteiger partial charge in [-0.05, 0) is 52.9 Å². The van der Waals surface area contributed by atoms with Gasteiger partial charge in [0.25, 0.3) is 5.91 Å². The number of hydrogen-bond acceptors (Lipinski definition) is 6. The van der Waals surface area contributed by atoms with Gasteiger partial charge in [-0.25, -0.2) is 4.68 Å². The lowest BCUT2D eigenvalue weighted by molar-refractivity contribution is 0.102. The number of nitrogens with one attached hydrogen (secondary N) is 1. The summed E-state index contributed by atoms with van der Waals surface area (Å²) in [6.07, 6.45) is 1.50. The number of carbonyl (C=O) groups is 1. The maximum absolute atomic E-state index is 12.3. The molecule has 1 amide bonds. The molecule has 114 valence electrons. The van der Waals surface area contributed by atoms with Crippen molar-refractivity contribution >= 4 is 11.6 Å². The van der Waals surface area contributed by atoms with E-state index >= 15 is 0 Å². The van der Waals surface area contributed by atoms with Crippen molar-refractivity contribution in [3.05, 3.63) is 54.4 Å². The fourth-order valence-electron chi connectivity index (χ4n) is 2.22. The molecule has 0 unspecified atom stereocenters. The molecule has 0 saturated carbocycles. The molecule has 0 radical (unpaired) electrons. The number of aromatic nitrogens is 4. The fraction of sp³-hybridized carbons (Fsp3) is 0.0667. The van der Waals surface area contributed by atoms with Gasteiger partial charge < -0.3 is 14.8 Å². The van der Waals surface area contributed by atoms with Gasteiger partial charge in [-0.1, -0.05) is 0 Å². The molecule has 8 nitrogen and oxygen atoms in total. The molecule has 23 heavy (non-hydrogen) atoms. The Morgan fingerprint density at radius 2 is 1.91 bits per heavy atom. The van der Waals surface area contributed by atoms with Gasteiger partial charge in [-0.2, -0.15) is 0 Å². The number of carbonyl (C=O) groups excluding carboxylic acids is 1. The summed E-state index contributed by atoms with van der Waals surface area (Å²) in [5.41, 5.74) is 1.97. The van der Waals surface area contributed by atoms with Gasteiger partial charge in [0, 0.05) is 11.3 Å².